The molecular weight excluding hydrogens is 261 g/mol. The number of likely N-dealkylation sites (tertiary alicyclic amines) is 1. The molecule has 0 aromatic rings. The first-order valence-electron chi connectivity index (χ1n) is 5.80. The summed E-state index contributed by atoms with van der Waals surface area (Å²) in [6.07, 6.45) is 2.14. The van der Waals surface area contributed by atoms with Gasteiger partial charge in [0.05, 0.1) is 6.04 Å². The Morgan fingerprint density at radius 1 is 1.41 bits per heavy atom. The van der Waals surface area contributed by atoms with Gasteiger partial charge in [-0.2, -0.15) is 0 Å². The van der Waals surface area contributed by atoms with Crippen molar-refractivity contribution in [3.63, 3.8) is 0 Å². The van der Waals surface area contributed by atoms with Crippen molar-refractivity contribution < 1.29 is 4.79 Å². The summed E-state index contributed by atoms with van der Waals surface area (Å²) in [7, 11) is 1.87. The van der Waals surface area contributed by atoms with Gasteiger partial charge >= 0.3 is 0 Å². The molecule has 104 valence electrons. The van der Waals surface area contributed by atoms with Crippen LogP contribution in [-0.4, -0.2) is 54.5 Å². The van der Waals surface area contributed by atoms with E-state index in [2.05, 4.69) is 11.8 Å². The smallest absolute Gasteiger partial charge is 0.239 e. The molecule has 1 aliphatic rings. The zero-order valence-electron chi connectivity index (χ0n) is 10.9. The molecule has 1 atom stereocenters. The minimum absolute atomic E-state index is 0. The summed E-state index contributed by atoms with van der Waals surface area (Å²) in [6.45, 7) is 7.23. The summed E-state index contributed by atoms with van der Waals surface area (Å²) >= 11 is 0. The average molecular weight is 286 g/mol. The number of hydrogen-bond acceptors (Lipinski definition) is 3. The van der Waals surface area contributed by atoms with E-state index in [0.717, 1.165) is 32.5 Å². The number of nitrogens with zero attached hydrogens (tertiary/aromatic N) is 2. The number of likely N-dealkylation sites (N-methyl/N-ethyl adjacent to an activating group) is 1. The van der Waals surface area contributed by atoms with Gasteiger partial charge in [0.2, 0.25) is 5.91 Å². The highest BCUT2D eigenvalue weighted by atomic mass is 35.5. The Balaban J connectivity index is 0. The monoisotopic (exact) mass is 285 g/mol. The summed E-state index contributed by atoms with van der Waals surface area (Å²) in [5, 5.41) is 0. The molecule has 17 heavy (non-hydrogen) atoms. The fourth-order valence-corrected chi connectivity index (χ4v) is 2.12. The quantitative estimate of drug-likeness (QED) is 0.846. The Bertz CT molecular complexity index is 219. The maximum Gasteiger partial charge on any atom is 0.239 e. The second kappa shape index (κ2) is 8.97. The number of halogens is 2. The zero-order chi connectivity index (χ0) is 11.4. The Labute approximate surface area is 117 Å². The molecule has 0 bridgehead atoms. The minimum Gasteiger partial charge on any atom is -0.341 e. The molecule has 0 aromatic heterocycles. The van der Waals surface area contributed by atoms with Gasteiger partial charge in [0.15, 0.2) is 0 Å². The molecule has 1 saturated heterocycles. The lowest BCUT2D eigenvalue weighted by molar-refractivity contribution is -0.133. The first-order chi connectivity index (χ1) is 7.06. The predicted octanol–water partition coefficient (Wildman–Crippen LogP) is 1.12. The molecule has 1 amide bonds. The van der Waals surface area contributed by atoms with Crippen LogP contribution in [0.2, 0.25) is 0 Å². The van der Waals surface area contributed by atoms with Crippen molar-refractivity contribution in [2.45, 2.75) is 38.8 Å². The van der Waals surface area contributed by atoms with Crippen LogP contribution in [0, 0.1) is 0 Å². The molecule has 1 heterocycles. The SMILES string of the molecule is CCN1CCC(N(C)C(=O)[C@@H](C)N)CC1.Cl.Cl. The summed E-state index contributed by atoms with van der Waals surface area (Å²) in [5.41, 5.74) is 5.60. The molecule has 0 spiro atoms. The van der Waals surface area contributed by atoms with Gasteiger partial charge in [0.1, 0.15) is 0 Å². The van der Waals surface area contributed by atoms with Crippen molar-refractivity contribution >= 4 is 30.7 Å². The number of piperidine rings is 1. The van der Waals surface area contributed by atoms with Gasteiger partial charge in [-0.25, -0.2) is 0 Å². The van der Waals surface area contributed by atoms with Gasteiger partial charge in [-0.3, -0.25) is 4.79 Å². The standard InChI is InChI=1S/C11H23N3O.2ClH/c1-4-14-7-5-10(6-8-14)13(3)11(15)9(2)12;;/h9-10H,4-8,12H2,1-3H3;2*1H/t9-;;/m1../s1. The third-order valence-corrected chi connectivity index (χ3v) is 3.29. The molecule has 0 unspecified atom stereocenters. The summed E-state index contributed by atoms with van der Waals surface area (Å²) in [4.78, 5) is 15.9. The summed E-state index contributed by atoms with van der Waals surface area (Å²) < 4.78 is 0. The second-order valence-corrected chi connectivity index (χ2v) is 4.40. The lowest BCUT2D eigenvalue weighted by atomic mass is 10.0. The lowest BCUT2D eigenvalue weighted by Crippen LogP contribution is -2.49. The van der Waals surface area contributed by atoms with Crippen molar-refractivity contribution in [2.75, 3.05) is 26.7 Å². The van der Waals surface area contributed by atoms with Crippen LogP contribution in [-0.2, 0) is 4.79 Å². The van der Waals surface area contributed by atoms with Gasteiger partial charge in [-0.15, -0.1) is 24.8 Å². The highest BCUT2D eigenvalue weighted by Crippen LogP contribution is 2.15. The second-order valence-electron chi connectivity index (χ2n) is 4.40. The largest absolute Gasteiger partial charge is 0.341 e. The number of nitrogens with two attached hydrogens (primary N) is 1. The average Bonchev–Trinajstić information content (AvgIpc) is 2.27. The minimum atomic E-state index is -0.376. The van der Waals surface area contributed by atoms with Crippen molar-refractivity contribution in [2.24, 2.45) is 5.73 Å². The number of carbonyl (C=O) groups excluding carboxylic acids is 1. The van der Waals surface area contributed by atoms with E-state index in [1.54, 1.807) is 6.92 Å². The van der Waals surface area contributed by atoms with E-state index in [9.17, 15) is 4.79 Å². The molecule has 0 aliphatic carbocycles. The van der Waals surface area contributed by atoms with Crippen LogP contribution in [0.1, 0.15) is 26.7 Å². The van der Waals surface area contributed by atoms with E-state index in [4.69, 9.17) is 5.73 Å². The molecular formula is C11H25Cl2N3O. The summed E-state index contributed by atoms with van der Waals surface area (Å²) in [5.74, 6) is 0.0601. The zero-order valence-corrected chi connectivity index (χ0v) is 12.5. The van der Waals surface area contributed by atoms with Gasteiger partial charge in [0.25, 0.3) is 0 Å². The number of amides is 1. The van der Waals surface area contributed by atoms with Gasteiger partial charge in [0, 0.05) is 26.2 Å². The first kappa shape index (κ1) is 19.3. The van der Waals surface area contributed by atoms with Crippen LogP contribution in [0.5, 0.6) is 0 Å². The number of rotatable bonds is 3. The number of carbonyl (C=O) groups is 1. The molecule has 0 radical (unpaired) electrons. The van der Waals surface area contributed by atoms with E-state index >= 15 is 0 Å². The molecule has 1 rings (SSSR count). The Kier molecular flexibility index (Phi) is 10.2. The maximum atomic E-state index is 11.7. The van der Waals surface area contributed by atoms with Crippen LogP contribution >= 0.6 is 24.8 Å². The number of hydrogen-bond donors (Lipinski definition) is 1. The molecule has 4 nitrogen and oxygen atoms in total. The Morgan fingerprint density at radius 2 is 1.88 bits per heavy atom. The highest BCUT2D eigenvalue weighted by Gasteiger charge is 2.25. The maximum absolute atomic E-state index is 11.7. The predicted molar refractivity (Wildman–Crippen MR) is 76.1 cm³/mol. The van der Waals surface area contributed by atoms with Crippen molar-refractivity contribution in [1.82, 2.24) is 9.80 Å². The van der Waals surface area contributed by atoms with Crippen molar-refractivity contribution in [3.05, 3.63) is 0 Å². The van der Waals surface area contributed by atoms with E-state index in [-0.39, 0.29) is 36.8 Å². The van der Waals surface area contributed by atoms with Crippen LogP contribution in [0.25, 0.3) is 0 Å². The fourth-order valence-electron chi connectivity index (χ4n) is 2.12. The van der Waals surface area contributed by atoms with Gasteiger partial charge < -0.3 is 15.5 Å². The Hall–Kier alpha value is -0.0300. The van der Waals surface area contributed by atoms with E-state index in [0.29, 0.717) is 6.04 Å². The fraction of sp³-hybridized carbons (Fsp3) is 0.909. The summed E-state index contributed by atoms with van der Waals surface area (Å²) in [6, 6.07) is 0.00510. The third kappa shape index (κ3) is 5.42. The van der Waals surface area contributed by atoms with E-state index in [1.807, 2.05) is 11.9 Å². The third-order valence-electron chi connectivity index (χ3n) is 3.29. The lowest BCUT2D eigenvalue weighted by Gasteiger charge is -2.36. The molecule has 0 saturated carbocycles. The molecule has 2 N–H and O–H groups in total. The molecule has 6 heteroatoms. The van der Waals surface area contributed by atoms with Crippen molar-refractivity contribution in [1.29, 1.82) is 0 Å². The normalized spacial score (nSPS) is 18.8. The molecule has 1 aliphatic heterocycles. The van der Waals surface area contributed by atoms with Crippen molar-refractivity contribution in [3.8, 4) is 0 Å². The van der Waals surface area contributed by atoms with E-state index in [1.165, 1.54) is 0 Å². The van der Waals surface area contributed by atoms with Crippen LogP contribution in [0.15, 0.2) is 0 Å². The highest BCUT2D eigenvalue weighted by molar-refractivity contribution is 5.85. The van der Waals surface area contributed by atoms with Crippen LogP contribution in [0.4, 0.5) is 0 Å². The Morgan fingerprint density at radius 3 is 2.24 bits per heavy atom. The molecule has 0 aromatic carbocycles. The van der Waals surface area contributed by atoms with Gasteiger partial charge in [-0.05, 0) is 26.3 Å². The first-order valence-corrected chi connectivity index (χ1v) is 5.80. The topological polar surface area (TPSA) is 49.6 Å². The van der Waals surface area contributed by atoms with Gasteiger partial charge in [-0.1, -0.05) is 6.92 Å². The molecule has 1 fully saturated rings. The van der Waals surface area contributed by atoms with E-state index < -0.39 is 0 Å². The van der Waals surface area contributed by atoms with Crippen LogP contribution < -0.4 is 5.73 Å². The van der Waals surface area contributed by atoms with Crippen LogP contribution in [0.3, 0.4) is 0 Å².